The predicted octanol–water partition coefficient (Wildman–Crippen LogP) is 2.53. The highest BCUT2D eigenvalue weighted by atomic mass is 16.3. The van der Waals surface area contributed by atoms with Gasteiger partial charge in [-0.2, -0.15) is 0 Å². The molecule has 1 aromatic rings. The Bertz CT molecular complexity index is 373. The maximum Gasteiger partial charge on any atom is 0.176 e. The van der Waals surface area contributed by atoms with Crippen molar-refractivity contribution in [3.05, 3.63) is 35.4 Å². The Morgan fingerprint density at radius 3 is 2.42 bits per heavy atom. The molecule has 0 fully saturated rings. The first-order chi connectivity index (χ1) is 9.21. The molecule has 0 bridgehead atoms. The molecule has 0 aliphatic heterocycles. The van der Waals surface area contributed by atoms with Crippen LogP contribution < -0.4 is 0 Å². The van der Waals surface area contributed by atoms with E-state index in [1.54, 1.807) is 0 Å². The number of hydrogen-bond acceptors (Lipinski definition) is 3. The summed E-state index contributed by atoms with van der Waals surface area (Å²) in [5, 5.41) is 8.83. The third-order valence-electron chi connectivity index (χ3n) is 3.26. The van der Waals surface area contributed by atoms with Crippen LogP contribution in [0.1, 0.15) is 42.6 Å². The molecule has 0 aliphatic carbocycles. The maximum atomic E-state index is 12.1. The zero-order valence-corrected chi connectivity index (χ0v) is 12.1. The Morgan fingerprint density at radius 1 is 1.21 bits per heavy atom. The number of Topliss-reactive ketones (excluding diaryl/α,β-unsaturated/α-hetero) is 1. The smallest absolute Gasteiger partial charge is 0.176 e. The van der Waals surface area contributed by atoms with Gasteiger partial charge < -0.3 is 5.11 Å². The summed E-state index contributed by atoms with van der Waals surface area (Å²) >= 11 is 0. The number of aryl methyl sites for hydroxylation is 1. The molecule has 0 aliphatic rings. The SMILES string of the molecule is CCCc1ccc(C(=O)CN(CC)CCCO)cc1. The van der Waals surface area contributed by atoms with Crippen LogP contribution in [0.5, 0.6) is 0 Å². The molecule has 3 heteroatoms. The zero-order valence-electron chi connectivity index (χ0n) is 12.1. The minimum Gasteiger partial charge on any atom is -0.396 e. The van der Waals surface area contributed by atoms with Crippen molar-refractivity contribution in [2.75, 3.05) is 26.2 Å². The van der Waals surface area contributed by atoms with Gasteiger partial charge in [-0.05, 0) is 24.9 Å². The number of ketones is 1. The molecule has 0 atom stereocenters. The van der Waals surface area contributed by atoms with Crippen LogP contribution in [0.25, 0.3) is 0 Å². The lowest BCUT2D eigenvalue weighted by Crippen LogP contribution is -2.31. The summed E-state index contributed by atoms with van der Waals surface area (Å²) in [5.74, 6) is 0.155. The Kier molecular flexibility index (Phi) is 7.38. The molecule has 1 aromatic carbocycles. The van der Waals surface area contributed by atoms with Crippen molar-refractivity contribution in [3.8, 4) is 0 Å². The lowest BCUT2D eigenvalue weighted by molar-refractivity contribution is 0.0928. The fourth-order valence-electron chi connectivity index (χ4n) is 2.08. The number of carbonyl (C=O) groups is 1. The average molecular weight is 263 g/mol. The van der Waals surface area contributed by atoms with Gasteiger partial charge in [0.25, 0.3) is 0 Å². The highest BCUT2D eigenvalue weighted by Crippen LogP contribution is 2.08. The van der Waals surface area contributed by atoms with E-state index in [2.05, 4.69) is 11.8 Å². The molecule has 0 radical (unpaired) electrons. The van der Waals surface area contributed by atoms with E-state index >= 15 is 0 Å². The lowest BCUT2D eigenvalue weighted by Gasteiger charge is -2.18. The summed E-state index contributed by atoms with van der Waals surface area (Å²) in [5.41, 5.74) is 2.06. The van der Waals surface area contributed by atoms with Crippen molar-refractivity contribution < 1.29 is 9.90 Å². The van der Waals surface area contributed by atoms with Crippen LogP contribution in [0.15, 0.2) is 24.3 Å². The number of aliphatic hydroxyl groups is 1. The summed E-state index contributed by atoms with van der Waals surface area (Å²) in [6.07, 6.45) is 2.90. The van der Waals surface area contributed by atoms with Crippen LogP contribution in [-0.2, 0) is 6.42 Å². The number of hydrogen-bond donors (Lipinski definition) is 1. The Labute approximate surface area is 116 Å². The van der Waals surface area contributed by atoms with Crippen LogP contribution in [0.2, 0.25) is 0 Å². The van der Waals surface area contributed by atoms with Crippen molar-refractivity contribution in [1.82, 2.24) is 4.90 Å². The van der Waals surface area contributed by atoms with E-state index in [0.29, 0.717) is 6.54 Å². The normalized spacial score (nSPS) is 10.9. The van der Waals surface area contributed by atoms with Gasteiger partial charge >= 0.3 is 0 Å². The van der Waals surface area contributed by atoms with Crippen LogP contribution in [0.4, 0.5) is 0 Å². The van der Waals surface area contributed by atoms with Crippen molar-refractivity contribution in [2.24, 2.45) is 0 Å². The minimum absolute atomic E-state index is 0.155. The molecule has 3 nitrogen and oxygen atoms in total. The minimum atomic E-state index is 0.155. The second-order valence-corrected chi connectivity index (χ2v) is 4.82. The van der Waals surface area contributed by atoms with Gasteiger partial charge in [0, 0.05) is 18.7 Å². The standard InChI is InChI=1S/C16H25NO2/c1-3-6-14-7-9-15(10-8-14)16(19)13-17(4-2)11-5-12-18/h7-10,18H,3-6,11-13H2,1-2H3. The molecule has 0 spiro atoms. The fourth-order valence-corrected chi connectivity index (χ4v) is 2.08. The third kappa shape index (κ3) is 5.53. The van der Waals surface area contributed by atoms with Gasteiger partial charge in [0.15, 0.2) is 5.78 Å². The first kappa shape index (κ1) is 15.9. The first-order valence-electron chi connectivity index (χ1n) is 7.16. The second-order valence-electron chi connectivity index (χ2n) is 4.82. The van der Waals surface area contributed by atoms with E-state index in [0.717, 1.165) is 37.9 Å². The van der Waals surface area contributed by atoms with E-state index < -0.39 is 0 Å². The van der Waals surface area contributed by atoms with Gasteiger partial charge in [0.2, 0.25) is 0 Å². The summed E-state index contributed by atoms with van der Waals surface area (Å²) < 4.78 is 0. The molecular weight excluding hydrogens is 238 g/mol. The van der Waals surface area contributed by atoms with Crippen molar-refractivity contribution in [1.29, 1.82) is 0 Å². The number of carbonyl (C=O) groups excluding carboxylic acids is 1. The quantitative estimate of drug-likeness (QED) is 0.696. The number of likely N-dealkylation sites (N-methyl/N-ethyl adjacent to an activating group) is 1. The topological polar surface area (TPSA) is 40.5 Å². The van der Waals surface area contributed by atoms with E-state index in [1.807, 2.05) is 31.2 Å². The summed E-state index contributed by atoms with van der Waals surface area (Å²) in [6, 6.07) is 7.93. The average Bonchev–Trinajstić information content (AvgIpc) is 2.44. The van der Waals surface area contributed by atoms with Gasteiger partial charge in [-0.25, -0.2) is 0 Å². The predicted molar refractivity (Wildman–Crippen MR) is 78.6 cm³/mol. The van der Waals surface area contributed by atoms with Gasteiger partial charge in [0.1, 0.15) is 0 Å². The zero-order chi connectivity index (χ0) is 14.1. The van der Waals surface area contributed by atoms with E-state index in [4.69, 9.17) is 5.11 Å². The van der Waals surface area contributed by atoms with Crippen molar-refractivity contribution in [2.45, 2.75) is 33.1 Å². The number of nitrogens with zero attached hydrogens (tertiary/aromatic N) is 1. The summed E-state index contributed by atoms with van der Waals surface area (Å²) in [6.45, 7) is 6.40. The molecule has 0 heterocycles. The molecule has 106 valence electrons. The number of rotatable bonds is 9. The summed E-state index contributed by atoms with van der Waals surface area (Å²) in [4.78, 5) is 14.2. The van der Waals surface area contributed by atoms with Crippen LogP contribution in [0.3, 0.4) is 0 Å². The Morgan fingerprint density at radius 2 is 1.89 bits per heavy atom. The molecule has 0 aromatic heterocycles. The Balaban J connectivity index is 2.56. The second kappa shape index (κ2) is 8.83. The highest BCUT2D eigenvalue weighted by Gasteiger charge is 2.10. The molecular formula is C16H25NO2. The van der Waals surface area contributed by atoms with Gasteiger partial charge in [0.05, 0.1) is 6.54 Å². The number of benzene rings is 1. The molecule has 0 saturated carbocycles. The first-order valence-corrected chi connectivity index (χ1v) is 7.16. The van der Waals surface area contributed by atoms with Gasteiger partial charge in [-0.3, -0.25) is 9.69 Å². The van der Waals surface area contributed by atoms with Crippen molar-refractivity contribution >= 4 is 5.78 Å². The van der Waals surface area contributed by atoms with Crippen LogP contribution >= 0.6 is 0 Å². The van der Waals surface area contributed by atoms with Crippen LogP contribution in [-0.4, -0.2) is 42.0 Å². The maximum absolute atomic E-state index is 12.1. The van der Waals surface area contributed by atoms with E-state index in [9.17, 15) is 4.79 Å². The number of aliphatic hydroxyl groups excluding tert-OH is 1. The molecule has 0 saturated heterocycles. The molecule has 1 rings (SSSR count). The third-order valence-corrected chi connectivity index (χ3v) is 3.26. The van der Waals surface area contributed by atoms with Gasteiger partial charge in [-0.15, -0.1) is 0 Å². The van der Waals surface area contributed by atoms with E-state index in [1.165, 1.54) is 5.56 Å². The van der Waals surface area contributed by atoms with E-state index in [-0.39, 0.29) is 12.4 Å². The molecule has 19 heavy (non-hydrogen) atoms. The Hall–Kier alpha value is -1.19. The molecule has 1 N–H and O–H groups in total. The monoisotopic (exact) mass is 263 g/mol. The van der Waals surface area contributed by atoms with Crippen molar-refractivity contribution in [3.63, 3.8) is 0 Å². The van der Waals surface area contributed by atoms with Crippen LogP contribution in [0, 0.1) is 0 Å². The largest absolute Gasteiger partial charge is 0.396 e. The molecule has 0 unspecified atom stereocenters. The molecule has 0 amide bonds. The fraction of sp³-hybridized carbons (Fsp3) is 0.562. The van der Waals surface area contributed by atoms with Gasteiger partial charge in [-0.1, -0.05) is 44.5 Å². The summed E-state index contributed by atoms with van der Waals surface area (Å²) in [7, 11) is 0. The highest BCUT2D eigenvalue weighted by molar-refractivity contribution is 5.97. The lowest BCUT2D eigenvalue weighted by atomic mass is 10.1.